The maximum Gasteiger partial charge on any atom is 0.270 e. The molecule has 0 bridgehead atoms. The van der Waals surface area contributed by atoms with Gasteiger partial charge in [-0.05, 0) is 43.9 Å². The Morgan fingerprint density at radius 1 is 1.05 bits per heavy atom. The van der Waals surface area contributed by atoms with Crippen LogP contribution in [0.5, 0.6) is 0 Å². The lowest BCUT2D eigenvalue weighted by molar-refractivity contribution is 0.0609. The van der Waals surface area contributed by atoms with Gasteiger partial charge in [-0.15, -0.1) is 0 Å². The number of halogens is 1. The van der Waals surface area contributed by atoms with Gasteiger partial charge in [-0.1, -0.05) is 36.9 Å². The van der Waals surface area contributed by atoms with Gasteiger partial charge in [0, 0.05) is 28.0 Å². The Bertz CT molecular complexity index is 698. The molecule has 0 spiro atoms. The van der Waals surface area contributed by atoms with Gasteiger partial charge in [0.05, 0.1) is 0 Å². The number of rotatable bonds is 3. The van der Waals surface area contributed by atoms with Crippen LogP contribution in [0.1, 0.15) is 55.4 Å². The number of nitrogens with one attached hydrogen (secondary N) is 1. The van der Waals surface area contributed by atoms with E-state index in [1.165, 1.54) is 19.3 Å². The molecule has 2 aliphatic carbocycles. The lowest BCUT2D eigenvalue weighted by Gasteiger charge is -2.34. The van der Waals surface area contributed by atoms with E-state index < -0.39 is 0 Å². The predicted octanol–water partition coefficient (Wildman–Crippen LogP) is 4.76. The molecule has 4 rings (SSSR count). The minimum Gasteiger partial charge on any atom is -0.350 e. The molecular weight excluding hydrogens is 296 g/mol. The van der Waals surface area contributed by atoms with E-state index in [4.69, 9.17) is 11.6 Å². The number of nitrogens with zero attached hydrogens (tertiary/aromatic N) is 1. The van der Waals surface area contributed by atoms with Crippen LogP contribution in [0.4, 0.5) is 0 Å². The zero-order valence-corrected chi connectivity index (χ0v) is 13.4. The van der Waals surface area contributed by atoms with Gasteiger partial charge < -0.3 is 9.88 Å². The molecule has 0 radical (unpaired) electrons. The number of carbonyl (C=O) groups is 1. The minimum absolute atomic E-state index is 0.168. The fraction of sp³-hybridized carbons (Fsp3) is 0.500. The molecule has 2 saturated carbocycles. The highest BCUT2D eigenvalue weighted by atomic mass is 35.5. The zero-order valence-electron chi connectivity index (χ0n) is 12.6. The third-order valence-corrected chi connectivity index (χ3v) is 5.19. The van der Waals surface area contributed by atoms with Gasteiger partial charge in [-0.3, -0.25) is 4.79 Å². The van der Waals surface area contributed by atoms with Crippen molar-refractivity contribution in [2.24, 2.45) is 0 Å². The highest BCUT2D eigenvalue weighted by Gasteiger charge is 2.38. The van der Waals surface area contributed by atoms with Crippen molar-refractivity contribution in [1.29, 1.82) is 0 Å². The maximum atomic E-state index is 13.0. The van der Waals surface area contributed by atoms with Crippen molar-refractivity contribution >= 4 is 28.4 Å². The lowest BCUT2D eigenvalue weighted by Crippen LogP contribution is -2.43. The summed E-state index contributed by atoms with van der Waals surface area (Å²) in [5, 5.41) is 1.74. The van der Waals surface area contributed by atoms with Crippen LogP contribution in [0, 0.1) is 0 Å². The number of aromatic nitrogens is 1. The van der Waals surface area contributed by atoms with Crippen LogP contribution in [0.25, 0.3) is 10.9 Å². The Labute approximate surface area is 135 Å². The van der Waals surface area contributed by atoms with Gasteiger partial charge >= 0.3 is 0 Å². The van der Waals surface area contributed by atoms with E-state index in [0.717, 1.165) is 36.6 Å². The Hall–Kier alpha value is -1.48. The van der Waals surface area contributed by atoms with Gasteiger partial charge in [0.2, 0.25) is 0 Å². The van der Waals surface area contributed by atoms with E-state index in [0.29, 0.717) is 22.8 Å². The zero-order chi connectivity index (χ0) is 15.1. The summed E-state index contributed by atoms with van der Waals surface area (Å²) in [5.74, 6) is 0.168. The largest absolute Gasteiger partial charge is 0.350 e. The molecular formula is C18H21ClN2O. The van der Waals surface area contributed by atoms with Crippen LogP contribution in [-0.4, -0.2) is 27.9 Å². The molecule has 22 heavy (non-hydrogen) atoms. The quantitative estimate of drug-likeness (QED) is 0.870. The van der Waals surface area contributed by atoms with Crippen LogP contribution in [-0.2, 0) is 0 Å². The Morgan fingerprint density at radius 2 is 1.77 bits per heavy atom. The number of H-pyrrole nitrogens is 1. The molecule has 0 aliphatic heterocycles. The summed E-state index contributed by atoms with van der Waals surface area (Å²) in [4.78, 5) is 18.5. The second-order valence-electron chi connectivity index (χ2n) is 6.65. The summed E-state index contributed by atoms with van der Waals surface area (Å²) in [6, 6.07) is 8.58. The summed E-state index contributed by atoms with van der Waals surface area (Å²) in [7, 11) is 0. The lowest BCUT2D eigenvalue weighted by atomic mass is 9.94. The van der Waals surface area contributed by atoms with Crippen LogP contribution in [0.2, 0.25) is 5.02 Å². The first-order valence-corrected chi connectivity index (χ1v) is 8.71. The molecule has 1 aromatic carbocycles. The number of hydrogen-bond acceptors (Lipinski definition) is 1. The van der Waals surface area contributed by atoms with Crippen molar-refractivity contribution < 1.29 is 4.79 Å². The number of benzene rings is 1. The molecule has 2 aromatic rings. The van der Waals surface area contributed by atoms with Crippen molar-refractivity contribution in [1.82, 2.24) is 9.88 Å². The van der Waals surface area contributed by atoms with E-state index in [-0.39, 0.29) is 5.91 Å². The molecule has 0 unspecified atom stereocenters. The van der Waals surface area contributed by atoms with E-state index in [1.807, 2.05) is 24.3 Å². The van der Waals surface area contributed by atoms with E-state index in [1.54, 1.807) is 0 Å². The van der Waals surface area contributed by atoms with Gasteiger partial charge in [0.25, 0.3) is 5.91 Å². The van der Waals surface area contributed by atoms with Crippen LogP contribution in [0.15, 0.2) is 24.3 Å². The molecule has 0 saturated heterocycles. The molecule has 1 aromatic heterocycles. The van der Waals surface area contributed by atoms with Crippen molar-refractivity contribution in [2.75, 3.05) is 0 Å². The number of hydrogen-bond donors (Lipinski definition) is 1. The molecule has 1 N–H and O–H groups in total. The summed E-state index contributed by atoms with van der Waals surface area (Å²) >= 11 is 6.04. The standard InChI is InChI=1S/C18H21ClN2O/c19-13-7-6-12-10-17(20-16(12)11-13)18(22)21(15-8-9-15)14-4-2-1-3-5-14/h6-7,10-11,14-15,20H,1-5,8-9H2. The van der Waals surface area contributed by atoms with Gasteiger partial charge in [0.1, 0.15) is 5.69 Å². The Morgan fingerprint density at radius 3 is 2.50 bits per heavy atom. The normalized spacial score (nSPS) is 19.5. The van der Waals surface area contributed by atoms with E-state index in [2.05, 4.69) is 9.88 Å². The minimum atomic E-state index is 0.168. The molecule has 3 nitrogen and oxygen atoms in total. The molecule has 2 aliphatic rings. The summed E-state index contributed by atoms with van der Waals surface area (Å²) in [5.41, 5.74) is 1.64. The number of carbonyl (C=O) groups excluding carboxylic acids is 1. The van der Waals surface area contributed by atoms with Crippen molar-refractivity contribution in [2.45, 2.75) is 57.0 Å². The first-order valence-electron chi connectivity index (χ1n) is 8.33. The summed E-state index contributed by atoms with van der Waals surface area (Å²) in [6.45, 7) is 0. The van der Waals surface area contributed by atoms with Gasteiger partial charge in [-0.2, -0.15) is 0 Å². The fourth-order valence-corrected chi connectivity index (χ4v) is 3.87. The Balaban J connectivity index is 1.64. The van der Waals surface area contributed by atoms with Crippen molar-refractivity contribution in [3.63, 3.8) is 0 Å². The monoisotopic (exact) mass is 316 g/mol. The van der Waals surface area contributed by atoms with Crippen molar-refractivity contribution in [3.8, 4) is 0 Å². The topological polar surface area (TPSA) is 36.1 Å². The highest BCUT2D eigenvalue weighted by molar-refractivity contribution is 6.31. The SMILES string of the molecule is O=C(c1cc2ccc(Cl)cc2[nH]1)N(C1CCCCC1)C1CC1. The van der Waals surface area contributed by atoms with Gasteiger partial charge in [-0.25, -0.2) is 0 Å². The number of amides is 1. The van der Waals surface area contributed by atoms with Crippen LogP contribution < -0.4 is 0 Å². The summed E-state index contributed by atoms with van der Waals surface area (Å²) in [6.07, 6.45) is 8.46. The number of aromatic amines is 1. The first-order chi connectivity index (χ1) is 10.7. The van der Waals surface area contributed by atoms with E-state index in [9.17, 15) is 4.79 Å². The fourth-order valence-electron chi connectivity index (χ4n) is 3.70. The highest BCUT2D eigenvalue weighted by Crippen LogP contribution is 2.35. The third kappa shape index (κ3) is 2.63. The Kier molecular flexibility index (Phi) is 3.61. The molecule has 2 fully saturated rings. The second kappa shape index (κ2) is 5.62. The maximum absolute atomic E-state index is 13.0. The van der Waals surface area contributed by atoms with Crippen LogP contribution >= 0.6 is 11.6 Å². The average Bonchev–Trinajstić information content (AvgIpc) is 3.26. The smallest absolute Gasteiger partial charge is 0.270 e. The molecule has 0 atom stereocenters. The van der Waals surface area contributed by atoms with E-state index >= 15 is 0 Å². The van der Waals surface area contributed by atoms with Gasteiger partial charge in [0.15, 0.2) is 0 Å². The molecule has 116 valence electrons. The second-order valence-corrected chi connectivity index (χ2v) is 7.09. The summed E-state index contributed by atoms with van der Waals surface area (Å²) < 4.78 is 0. The predicted molar refractivity (Wildman–Crippen MR) is 89.4 cm³/mol. The molecule has 4 heteroatoms. The van der Waals surface area contributed by atoms with Crippen molar-refractivity contribution in [3.05, 3.63) is 35.0 Å². The average molecular weight is 317 g/mol. The van der Waals surface area contributed by atoms with Crippen LogP contribution in [0.3, 0.4) is 0 Å². The number of fused-ring (bicyclic) bond motifs is 1. The molecule has 1 heterocycles. The first kappa shape index (κ1) is 14.1. The third-order valence-electron chi connectivity index (χ3n) is 4.96. The molecule has 1 amide bonds.